The van der Waals surface area contributed by atoms with E-state index < -0.39 is 21.2 Å². The fourth-order valence-corrected chi connectivity index (χ4v) is 2.82. The third kappa shape index (κ3) is 4.02. The Balaban J connectivity index is 2.15. The van der Waals surface area contributed by atoms with Gasteiger partial charge in [-0.05, 0) is 38.1 Å². The van der Waals surface area contributed by atoms with Gasteiger partial charge in [-0.2, -0.15) is 5.26 Å². The summed E-state index contributed by atoms with van der Waals surface area (Å²) in [5.41, 5.74) is -0.112. The molecule has 1 heterocycles. The van der Waals surface area contributed by atoms with Crippen LogP contribution >= 0.6 is 0 Å². The van der Waals surface area contributed by atoms with Crippen LogP contribution in [-0.2, 0) is 0 Å². The largest absolute Gasteiger partial charge is 0.381 e. The summed E-state index contributed by atoms with van der Waals surface area (Å²) in [7, 11) is 0. The summed E-state index contributed by atoms with van der Waals surface area (Å²) in [5.74, 6) is 0. The van der Waals surface area contributed by atoms with Crippen LogP contribution in [-0.4, -0.2) is 20.9 Å². The molecule has 150 valence electrons. The van der Waals surface area contributed by atoms with Crippen LogP contribution in [0.15, 0.2) is 52.8 Å². The first kappa shape index (κ1) is 20.3. The second-order valence-corrected chi connectivity index (χ2v) is 6.52. The number of aromatic nitrogens is 1. The number of nitrogens with zero attached hydrogens (tertiary/aromatic N) is 6. The second-order valence-electron chi connectivity index (χ2n) is 6.52. The summed E-state index contributed by atoms with van der Waals surface area (Å²) in [5, 5.41) is 43.6. The van der Waals surface area contributed by atoms with Gasteiger partial charge in [0, 0.05) is 23.7 Å². The Hall–Kier alpha value is -4.46. The number of pyridine rings is 1. The van der Waals surface area contributed by atoms with E-state index in [2.05, 4.69) is 20.5 Å². The van der Waals surface area contributed by atoms with Gasteiger partial charge >= 0.3 is 5.69 Å². The Bertz CT molecular complexity index is 1230. The zero-order valence-corrected chi connectivity index (χ0v) is 15.9. The maximum Gasteiger partial charge on any atom is 0.304 e. The molecule has 0 radical (unpaired) electrons. The summed E-state index contributed by atoms with van der Waals surface area (Å²) in [6, 6.07) is 10.5. The fraction of sp³-hybridized carbons (Fsp3) is 0.158. The number of benzene rings is 2. The van der Waals surface area contributed by atoms with Gasteiger partial charge in [0.05, 0.1) is 38.4 Å². The Morgan fingerprint density at radius 1 is 1.13 bits per heavy atom. The van der Waals surface area contributed by atoms with Gasteiger partial charge in [-0.15, -0.1) is 10.2 Å². The Labute approximate surface area is 170 Å². The van der Waals surface area contributed by atoms with Gasteiger partial charge in [-0.3, -0.25) is 25.2 Å². The summed E-state index contributed by atoms with van der Waals surface area (Å²) < 4.78 is 0. The molecule has 0 amide bonds. The van der Waals surface area contributed by atoms with Crippen molar-refractivity contribution in [3.63, 3.8) is 0 Å². The molecular formula is C19H15N7O4. The predicted octanol–water partition coefficient (Wildman–Crippen LogP) is 5.16. The molecule has 0 aliphatic heterocycles. The third-order valence-corrected chi connectivity index (χ3v) is 4.05. The van der Waals surface area contributed by atoms with Crippen molar-refractivity contribution < 1.29 is 9.85 Å². The van der Waals surface area contributed by atoms with Gasteiger partial charge < -0.3 is 5.32 Å². The van der Waals surface area contributed by atoms with Gasteiger partial charge in [-0.1, -0.05) is 0 Å². The highest BCUT2D eigenvalue weighted by Crippen LogP contribution is 2.38. The van der Waals surface area contributed by atoms with Crippen molar-refractivity contribution in [2.45, 2.75) is 19.9 Å². The van der Waals surface area contributed by atoms with Crippen LogP contribution in [0.5, 0.6) is 0 Å². The van der Waals surface area contributed by atoms with Gasteiger partial charge in [0.2, 0.25) is 0 Å². The number of fused-ring (bicyclic) bond motifs is 1. The topological polar surface area (TPSA) is 160 Å². The number of hydrogen-bond acceptors (Lipinski definition) is 9. The van der Waals surface area contributed by atoms with Crippen LogP contribution in [0, 0.1) is 31.6 Å². The highest BCUT2D eigenvalue weighted by Gasteiger charge is 2.24. The molecule has 11 nitrogen and oxygen atoms in total. The lowest BCUT2D eigenvalue weighted by Crippen LogP contribution is -2.10. The number of nitro benzene ring substituents is 2. The van der Waals surface area contributed by atoms with E-state index in [0.29, 0.717) is 16.6 Å². The zero-order valence-electron chi connectivity index (χ0n) is 15.9. The number of azo groups is 1. The molecule has 0 unspecified atom stereocenters. The monoisotopic (exact) mass is 405 g/mol. The third-order valence-electron chi connectivity index (χ3n) is 4.05. The summed E-state index contributed by atoms with van der Waals surface area (Å²) in [6.45, 7) is 3.97. The standard InChI is InChI=1S/C19H15N7O4/c1-11(2)22-16-6-5-15(14-4-3-7-21-19(14)16)23-24-18-12(10-20)8-13(25(27)28)9-17(18)26(29)30/h3-9,11,22H,1-2H3. The molecule has 3 aromatic rings. The molecule has 0 saturated heterocycles. The summed E-state index contributed by atoms with van der Waals surface area (Å²) in [4.78, 5) is 25.1. The van der Waals surface area contributed by atoms with E-state index in [-0.39, 0.29) is 17.3 Å². The highest BCUT2D eigenvalue weighted by molar-refractivity contribution is 5.98. The fourth-order valence-electron chi connectivity index (χ4n) is 2.82. The van der Waals surface area contributed by atoms with Crippen molar-refractivity contribution in [1.29, 1.82) is 5.26 Å². The van der Waals surface area contributed by atoms with Crippen LogP contribution in [0.4, 0.5) is 28.4 Å². The van der Waals surface area contributed by atoms with E-state index in [9.17, 15) is 25.5 Å². The van der Waals surface area contributed by atoms with Crippen molar-refractivity contribution in [1.82, 2.24) is 4.98 Å². The van der Waals surface area contributed by atoms with E-state index in [4.69, 9.17) is 0 Å². The molecule has 0 saturated carbocycles. The normalized spacial score (nSPS) is 11.0. The predicted molar refractivity (Wildman–Crippen MR) is 109 cm³/mol. The molecule has 3 rings (SSSR count). The second kappa shape index (κ2) is 8.27. The number of nitro groups is 2. The van der Waals surface area contributed by atoms with Gasteiger partial charge in [0.15, 0.2) is 5.69 Å². The zero-order chi connectivity index (χ0) is 21.8. The van der Waals surface area contributed by atoms with E-state index >= 15 is 0 Å². The molecule has 1 N–H and O–H groups in total. The average Bonchev–Trinajstić information content (AvgIpc) is 2.72. The van der Waals surface area contributed by atoms with Gasteiger partial charge in [0.25, 0.3) is 5.69 Å². The molecule has 0 aliphatic rings. The SMILES string of the molecule is CC(C)Nc1ccc(N=Nc2c(C#N)cc([N+](=O)[O-])cc2[N+](=O)[O-])c2cccnc12. The minimum absolute atomic E-state index is 0.170. The lowest BCUT2D eigenvalue weighted by Gasteiger charge is -2.12. The highest BCUT2D eigenvalue weighted by atomic mass is 16.6. The number of anilines is 1. The molecule has 0 fully saturated rings. The van der Waals surface area contributed by atoms with Crippen molar-refractivity contribution in [3.05, 3.63) is 68.4 Å². The van der Waals surface area contributed by atoms with Crippen molar-refractivity contribution in [2.75, 3.05) is 5.32 Å². The number of hydrogen-bond donors (Lipinski definition) is 1. The first-order valence-electron chi connectivity index (χ1n) is 8.74. The quantitative estimate of drug-likeness (QED) is 0.336. The van der Waals surface area contributed by atoms with Crippen LogP contribution in [0.1, 0.15) is 19.4 Å². The van der Waals surface area contributed by atoms with Crippen molar-refractivity contribution in [2.24, 2.45) is 10.2 Å². The van der Waals surface area contributed by atoms with Crippen molar-refractivity contribution >= 4 is 39.3 Å². The average molecular weight is 405 g/mol. The lowest BCUT2D eigenvalue weighted by atomic mass is 10.1. The molecule has 0 bridgehead atoms. The first-order chi connectivity index (χ1) is 14.3. The van der Waals surface area contributed by atoms with Gasteiger partial charge in [-0.25, -0.2) is 0 Å². The van der Waals surface area contributed by atoms with E-state index in [1.807, 2.05) is 13.8 Å². The number of nitriles is 1. The molecule has 0 spiro atoms. The van der Waals surface area contributed by atoms with Crippen LogP contribution in [0.25, 0.3) is 10.9 Å². The molecule has 1 aromatic heterocycles. The summed E-state index contributed by atoms with van der Waals surface area (Å²) in [6.07, 6.45) is 1.63. The minimum atomic E-state index is -0.836. The van der Waals surface area contributed by atoms with Crippen LogP contribution in [0.2, 0.25) is 0 Å². The minimum Gasteiger partial charge on any atom is -0.381 e. The Morgan fingerprint density at radius 2 is 1.90 bits per heavy atom. The maximum atomic E-state index is 11.4. The van der Waals surface area contributed by atoms with Crippen LogP contribution < -0.4 is 5.32 Å². The van der Waals surface area contributed by atoms with Crippen LogP contribution in [0.3, 0.4) is 0 Å². The smallest absolute Gasteiger partial charge is 0.304 e. The lowest BCUT2D eigenvalue weighted by molar-refractivity contribution is -0.393. The Morgan fingerprint density at radius 3 is 2.53 bits per heavy atom. The molecule has 11 heteroatoms. The summed E-state index contributed by atoms with van der Waals surface area (Å²) >= 11 is 0. The number of rotatable bonds is 6. The van der Waals surface area contributed by atoms with E-state index in [1.165, 1.54) is 0 Å². The van der Waals surface area contributed by atoms with E-state index in [1.54, 1.807) is 36.5 Å². The van der Waals surface area contributed by atoms with Gasteiger partial charge in [0.1, 0.15) is 6.07 Å². The molecular weight excluding hydrogens is 390 g/mol. The molecule has 0 aliphatic carbocycles. The number of nitrogens with one attached hydrogen (secondary N) is 1. The molecule has 0 atom stereocenters. The van der Waals surface area contributed by atoms with Crippen molar-refractivity contribution in [3.8, 4) is 6.07 Å². The maximum absolute atomic E-state index is 11.4. The number of non-ortho nitro benzene ring substituents is 1. The molecule has 2 aromatic carbocycles. The first-order valence-corrected chi connectivity index (χ1v) is 8.74. The van der Waals surface area contributed by atoms with E-state index in [0.717, 1.165) is 17.8 Å². The molecule has 30 heavy (non-hydrogen) atoms. The Kier molecular flexibility index (Phi) is 5.59.